The molecule has 0 aliphatic carbocycles. The van der Waals surface area contributed by atoms with E-state index in [9.17, 15) is 13.2 Å². The molecule has 0 heterocycles. The highest BCUT2D eigenvalue weighted by Crippen LogP contribution is 2.34. The Morgan fingerprint density at radius 2 is 1.50 bits per heavy atom. The molecule has 0 radical (unpaired) electrons. The minimum Gasteiger partial charge on any atom is -0.322 e. The molecule has 1 amide bonds. The number of hydrogen-bond acceptors (Lipinski definition) is 4. The van der Waals surface area contributed by atoms with Crippen molar-refractivity contribution in [3.63, 3.8) is 0 Å². The highest BCUT2D eigenvalue weighted by atomic mass is 35.5. The highest BCUT2D eigenvalue weighted by Gasteiger charge is 2.18. The summed E-state index contributed by atoms with van der Waals surface area (Å²) in [5, 5.41) is 3.35. The second kappa shape index (κ2) is 10.3. The number of carbonyl (C=O) groups excluding carboxylic acids is 1. The third kappa shape index (κ3) is 5.80. The molecular weight excluding hydrogens is 488 g/mol. The van der Waals surface area contributed by atoms with Crippen molar-refractivity contribution in [1.82, 2.24) is 0 Å². The monoisotopic (exact) mass is 508 g/mol. The summed E-state index contributed by atoms with van der Waals surface area (Å²) in [6.07, 6.45) is 0. The molecule has 4 rings (SSSR count). The molecule has 8 heteroatoms. The van der Waals surface area contributed by atoms with Gasteiger partial charge in [0.1, 0.15) is 0 Å². The standard InChI is InChI=1S/C26H21ClN2O3S2/c1-18-17-22(15-16-23(18)28-26(30)19-11-13-20(27)14-12-19)34(31,32)29-24-9-5-6-10-25(24)33-21-7-3-2-4-8-21/h2-17,29H,1H3,(H,28,30). The van der Waals surface area contributed by atoms with E-state index in [0.29, 0.717) is 27.5 Å². The molecule has 0 saturated carbocycles. The fraction of sp³-hybridized carbons (Fsp3) is 0.0385. The van der Waals surface area contributed by atoms with Gasteiger partial charge in [0.05, 0.1) is 10.6 Å². The summed E-state index contributed by atoms with van der Waals surface area (Å²) in [5.41, 5.74) is 2.10. The zero-order chi connectivity index (χ0) is 24.1. The van der Waals surface area contributed by atoms with Gasteiger partial charge >= 0.3 is 0 Å². The Kier molecular flexibility index (Phi) is 7.26. The fourth-order valence-corrected chi connectivity index (χ4v) is 5.48. The van der Waals surface area contributed by atoms with Gasteiger partial charge in [0.25, 0.3) is 15.9 Å². The summed E-state index contributed by atoms with van der Waals surface area (Å²) in [6, 6.07) is 28.1. The average molecular weight is 509 g/mol. The molecule has 0 aromatic heterocycles. The van der Waals surface area contributed by atoms with Crippen LogP contribution in [0.4, 0.5) is 11.4 Å². The van der Waals surface area contributed by atoms with Gasteiger partial charge < -0.3 is 5.32 Å². The Hall–Kier alpha value is -3.26. The number of anilines is 2. The van der Waals surface area contributed by atoms with E-state index in [1.165, 1.54) is 23.9 Å². The van der Waals surface area contributed by atoms with Crippen LogP contribution in [0.2, 0.25) is 5.02 Å². The molecule has 0 unspecified atom stereocenters. The number of nitrogens with one attached hydrogen (secondary N) is 2. The van der Waals surface area contributed by atoms with Crippen LogP contribution in [0.5, 0.6) is 0 Å². The maximum Gasteiger partial charge on any atom is 0.261 e. The van der Waals surface area contributed by atoms with Crippen molar-refractivity contribution in [2.45, 2.75) is 21.6 Å². The molecule has 2 N–H and O–H groups in total. The van der Waals surface area contributed by atoms with E-state index in [0.717, 1.165) is 9.79 Å². The number of amides is 1. The fourth-order valence-electron chi connectivity index (χ4n) is 3.20. The van der Waals surface area contributed by atoms with Crippen LogP contribution in [-0.4, -0.2) is 14.3 Å². The van der Waals surface area contributed by atoms with E-state index in [1.54, 1.807) is 49.4 Å². The van der Waals surface area contributed by atoms with E-state index in [4.69, 9.17) is 11.6 Å². The predicted octanol–water partition coefficient (Wildman–Crippen LogP) is 6.85. The van der Waals surface area contributed by atoms with Crippen molar-refractivity contribution >= 4 is 50.7 Å². The van der Waals surface area contributed by atoms with Gasteiger partial charge in [0.15, 0.2) is 0 Å². The molecule has 34 heavy (non-hydrogen) atoms. The topological polar surface area (TPSA) is 75.3 Å². The van der Waals surface area contributed by atoms with Crippen LogP contribution in [0.3, 0.4) is 0 Å². The number of hydrogen-bond donors (Lipinski definition) is 2. The summed E-state index contributed by atoms with van der Waals surface area (Å²) >= 11 is 7.35. The lowest BCUT2D eigenvalue weighted by molar-refractivity contribution is 0.102. The molecule has 5 nitrogen and oxygen atoms in total. The summed E-state index contributed by atoms with van der Waals surface area (Å²) in [6.45, 7) is 1.75. The lowest BCUT2D eigenvalue weighted by Crippen LogP contribution is -2.15. The summed E-state index contributed by atoms with van der Waals surface area (Å²) < 4.78 is 28.9. The molecule has 0 aliphatic rings. The molecule has 0 spiro atoms. The van der Waals surface area contributed by atoms with E-state index in [2.05, 4.69) is 10.0 Å². The number of sulfonamides is 1. The Morgan fingerprint density at radius 1 is 0.824 bits per heavy atom. The van der Waals surface area contributed by atoms with Crippen molar-refractivity contribution in [2.24, 2.45) is 0 Å². The Balaban J connectivity index is 1.53. The van der Waals surface area contributed by atoms with Gasteiger partial charge in [0.2, 0.25) is 0 Å². The van der Waals surface area contributed by atoms with Gasteiger partial charge in [-0.15, -0.1) is 0 Å². The Labute approximate surface area is 208 Å². The maximum absolute atomic E-state index is 13.1. The zero-order valence-electron chi connectivity index (χ0n) is 18.2. The van der Waals surface area contributed by atoms with Crippen molar-refractivity contribution in [1.29, 1.82) is 0 Å². The molecule has 0 saturated heterocycles. The van der Waals surface area contributed by atoms with E-state index in [-0.39, 0.29) is 10.8 Å². The first-order chi connectivity index (χ1) is 16.3. The van der Waals surface area contributed by atoms with Crippen molar-refractivity contribution in [2.75, 3.05) is 10.0 Å². The van der Waals surface area contributed by atoms with Crippen LogP contribution in [-0.2, 0) is 10.0 Å². The first-order valence-corrected chi connectivity index (χ1v) is 13.0. The molecular formula is C26H21ClN2O3S2. The van der Waals surface area contributed by atoms with Gasteiger partial charge in [-0.3, -0.25) is 9.52 Å². The normalized spacial score (nSPS) is 11.1. The third-order valence-corrected chi connectivity index (χ3v) is 7.66. The molecule has 0 fully saturated rings. The van der Waals surface area contributed by atoms with Crippen molar-refractivity contribution in [3.05, 3.63) is 113 Å². The zero-order valence-corrected chi connectivity index (χ0v) is 20.5. The number of benzene rings is 4. The average Bonchev–Trinajstić information content (AvgIpc) is 2.82. The predicted molar refractivity (Wildman–Crippen MR) is 138 cm³/mol. The van der Waals surface area contributed by atoms with Crippen LogP contribution in [0.1, 0.15) is 15.9 Å². The molecule has 4 aromatic carbocycles. The summed E-state index contributed by atoms with van der Waals surface area (Å²) in [5.74, 6) is -0.305. The summed E-state index contributed by atoms with van der Waals surface area (Å²) in [4.78, 5) is 14.4. The van der Waals surface area contributed by atoms with Crippen molar-refractivity contribution in [3.8, 4) is 0 Å². The van der Waals surface area contributed by atoms with Gasteiger partial charge in [-0.1, -0.05) is 53.7 Å². The van der Waals surface area contributed by atoms with Gasteiger partial charge in [0, 0.05) is 26.1 Å². The highest BCUT2D eigenvalue weighted by molar-refractivity contribution is 7.99. The number of rotatable bonds is 7. The van der Waals surface area contributed by atoms with Gasteiger partial charge in [-0.25, -0.2) is 8.42 Å². The molecule has 172 valence electrons. The number of carbonyl (C=O) groups is 1. The van der Waals surface area contributed by atoms with Crippen LogP contribution in [0.15, 0.2) is 112 Å². The van der Waals surface area contributed by atoms with E-state index < -0.39 is 10.0 Å². The number of halogens is 1. The van der Waals surface area contributed by atoms with Crippen molar-refractivity contribution < 1.29 is 13.2 Å². The second-order valence-corrected chi connectivity index (χ2v) is 10.7. The van der Waals surface area contributed by atoms with Crippen LogP contribution >= 0.6 is 23.4 Å². The van der Waals surface area contributed by atoms with Crippen LogP contribution in [0, 0.1) is 6.92 Å². The number of para-hydroxylation sites is 1. The largest absolute Gasteiger partial charge is 0.322 e. The minimum absolute atomic E-state index is 0.106. The molecule has 4 aromatic rings. The van der Waals surface area contributed by atoms with Crippen LogP contribution in [0.25, 0.3) is 0 Å². The van der Waals surface area contributed by atoms with Crippen LogP contribution < -0.4 is 10.0 Å². The first-order valence-electron chi connectivity index (χ1n) is 10.3. The summed E-state index contributed by atoms with van der Waals surface area (Å²) in [7, 11) is -3.84. The maximum atomic E-state index is 13.1. The Morgan fingerprint density at radius 3 is 2.21 bits per heavy atom. The second-order valence-electron chi connectivity index (χ2n) is 7.45. The first kappa shape index (κ1) is 23.9. The van der Waals surface area contributed by atoms with Gasteiger partial charge in [-0.2, -0.15) is 0 Å². The molecule has 0 aliphatic heterocycles. The number of aryl methyl sites for hydroxylation is 1. The van der Waals surface area contributed by atoms with E-state index >= 15 is 0 Å². The van der Waals surface area contributed by atoms with E-state index in [1.807, 2.05) is 42.5 Å². The van der Waals surface area contributed by atoms with Gasteiger partial charge in [-0.05, 0) is 79.2 Å². The minimum atomic E-state index is -3.84. The molecule has 0 bridgehead atoms. The third-order valence-electron chi connectivity index (χ3n) is 4.97. The smallest absolute Gasteiger partial charge is 0.261 e. The molecule has 0 atom stereocenters. The lowest BCUT2D eigenvalue weighted by Gasteiger charge is -2.14. The lowest BCUT2D eigenvalue weighted by atomic mass is 10.1. The SMILES string of the molecule is Cc1cc(S(=O)(=O)Nc2ccccc2Sc2ccccc2)ccc1NC(=O)c1ccc(Cl)cc1. The Bertz CT molecular complexity index is 1420. The quantitative estimate of drug-likeness (QED) is 0.286.